The summed E-state index contributed by atoms with van der Waals surface area (Å²) >= 11 is 11.9. The minimum Gasteiger partial charge on any atom is -0.387 e. The summed E-state index contributed by atoms with van der Waals surface area (Å²) in [6.07, 6.45) is 1.14. The highest BCUT2D eigenvalue weighted by Gasteiger charge is 2.09. The normalized spacial score (nSPS) is 12.1. The first-order valence-electron chi connectivity index (χ1n) is 7.69. The molecule has 4 N–H and O–H groups in total. The van der Waals surface area contributed by atoms with Crippen LogP contribution in [0.5, 0.6) is 0 Å². The number of hydrogen-bond acceptors (Lipinski definition) is 3. The van der Waals surface area contributed by atoms with Crippen molar-refractivity contribution in [1.82, 2.24) is 5.32 Å². The summed E-state index contributed by atoms with van der Waals surface area (Å²) < 4.78 is 0. The van der Waals surface area contributed by atoms with Crippen LogP contribution in [-0.4, -0.2) is 24.1 Å². The Morgan fingerprint density at radius 2 is 1.75 bits per heavy atom. The molecule has 1 atom stereocenters. The molecular formula is C18H20Cl2N2O2. The molecule has 1 amide bonds. The first-order chi connectivity index (χ1) is 11.5. The standard InChI is InChI=1S/C18H20Cl2N2O2/c19-15-8-14(9-16(20)10-15)17(23)11-22-7-1-2-12-3-5-13(6-4-12)18(21)24/h3-6,8-10,17,22-23H,1-2,7,11H2,(H2,21,24). The van der Waals surface area contributed by atoms with Crippen LogP contribution in [0.1, 0.15) is 34.0 Å². The monoisotopic (exact) mass is 366 g/mol. The van der Waals surface area contributed by atoms with Crippen LogP contribution in [0.3, 0.4) is 0 Å². The van der Waals surface area contributed by atoms with Crippen LogP contribution < -0.4 is 11.1 Å². The zero-order valence-corrected chi connectivity index (χ0v) is 14.6. The summed E-state index contributed by atoms with van der Waals surface area (Å²) in [5, 5.41) is 14.4. The lowest BCUT2D eigenvalue weighted by Gasteiger charge is -2.13. The van der Waals surface area contributed by atoms with Gasteiger partial charge in [-0.2, -0.15) is 0 Å². The van der Waals surface area contributed by atoms with E-state index in [2.05, 4.69) is 5.32 Å². The van der Waals surface area contributed by atoms with Crippen molar-refractivity contribution in [3.63, 3.8) is 0 Å². The Morgan fingerprint density at radius 3 is 2.33 bits per heavy atom. The van der Waals surface area contributed by atoms with E-state index in [-0.39, 0.29) is 0 Å². The molecule has 0 saturated heterocycles. The number of carbonyl (C=O) groups excluding carboxylic acids is 1. The molecule has 2 aromatic rings. The lowest BCUT2D eigenvalue weighted by atomic mass is 10.1. The second-order valence-corrected chi connectivity index (χ2v) is 6.46. The van der Waals surface area contributed by atoms with Gasteiger partial charge in [-0.05, 0) is 60.8 Å². The number of aliphatic hydroxyl groups is 1. The van der Waals surface area contributed by atoms with Crippen LogP contribution in [0.25, 0.3) is 0 Å². The van der Waals surface area contributed by atoms with Gasteiger partial charge in [-0.3, -0.25) is 4.79 Å². The van der Waals surface area contributed by atoms with E-state index in [9.17, 15) is 9.90 Å². The molecule has 0 saturated carbocycles. The number of aliphatic hydroxyl groups excluding tert-OH is 1. The minimum absolute atomic E-state index is 0.418. The Balaban J connectivity index is 1.71. The van der Waals surface area contributed by atoms with Gasteiger partial charge in [0.25, 0.3) is 0 Å². The van der Waals surface area contributed by atoms with E-state index in [1.165, 1.54) is 0 Å². The van der Waals surface area contributed by atoms with Gasteiger partial charge in [0.1, 0.15) is 0 Å². The van der Waals surface area contributed by atoms with Gasteiger partial charge in [-0.1, -0.05) is 35.3 Å². The quantitative estimate of drug-likeness (QED) is 0.627. The Morgan fingerprint density at radius 1 is 1.12 bits per heavy atom. The second-order valence-electron chi connectivity index (χ2n) is 5.59. The molecular weight excluding hydrogens is 347 g/mol. The van der Waals surface area contributed by atoms with Gasteiger partial charge in [0.15, 0.2) is 0 Å². The van der Waals surface area contributed by atoms with Crippen LogP contribution in [-0.2, 0) is 6.42 Å². The van der Waals surface area contributed by atoms with Crippen molar-refractivity contribution in [2.45, 2.75) is 18.9 Å². The minimum atomic E-state index is -0.656. The lowest BCUT2D eigenvalue weighted by molar-refractivity contribution is 0.100. The molecule has 2 aromatic carbocycles. The smallest absolute Gasteiger partial charge is 0.248 e. The average Bonchev–Trinajstić information content (AvgIpc) is 2.54. The fourth-order valence-corrected chi connectivity index (χ4v) is 2.92. The van der Waals surface area contributed by atoms with E-state index >= 15 is 0 Å². The molecule has 0 aromatic heterocycles. The summed E-state index contributed by atoms with van der Waals surface area (Å²) in [5.41, 5.74) is 7.56. The zero-order chi connectivity index (χ0) is 17.5. The molecule has 0 aliphatic heterocycles. The second kappa shape index (κ2) is 9.04. The van der Waals surface area contributed by atoms with Crippen LogP contribution in [0.2, 0.25) is 10.0 Å². The molecule has 2 rings (SSSR count). The van der Waals surface area contributed by atoms with E-state index in [1.807, 2.05) is 12.1 Å². The van der Waals surface area contributed by atoms with Gasteiger partial charge in [0, 0.05) is 22.2 Å². The van der Waals surface area contributed by atoms with Crippen molar-refractivity contribution in [3.8, 4) is 0 Å². The molecule has 0 fully saturated rings. The molecule has 0 aliphatic carbocycles. The Labute approximate surface area is 151 Å². The fraction of sp³-hybridized carbons (Fsp3) is 0.278. The van der Waals surface area contributed by atoms with Crippen LogP contribution in [0, 0.1) is 0 Å². The first kappa shape index (κ1) is 18.7. The van der Waals surface area contributed by atoms with E-state index in [0.717, 1.165) is 24.9 Å². The summed E-state index contributed by atoms with van der Waals surface area (Å²) in [4.78, 5) is 11.0. The highest BCUT2D eigenvalue weighted by Crippen LogP contribution is 2.23. The average molecular weight is 367 g/mol. The van der Waals surface area contributed by atoms with E-state index < -0.39 is 12.0 Å². The maximum Gasteiger partial charge on any atom is 0.248 e. The highest BCUT2D eigenvalue weighted by atomic mass is 35.5. The molecule has 0 aliphatic rings. The number of halogens is 2. The SMILES string of the molecule is NC(=O)c1ccc(CCCNCC(O)c2cc(Cl)cc(Cl)c2)cc1. The van der Waals surface area contributed by atoms with Gasteiger partial charge in [-0.25, -0.2) is 0 Å². The Kier molecular flexibility index (Phi) is 7.06. The third-order valence-corrected chi connectivity index (χ3v) is 4.10. The number of aryl methyl sites for hydroxylation is 1. The number of hydrogen-bond donors (Lipinski definition) is 3. The Hall–Kier alpha value is -1.59. The number of benzene rings is 2. The predicted octanol–water partition coefficient (Wildman–Crippen LogP) is 3.35. The summed E-state index contributed by atoms with van der Waals surface area (Å²) in [5.74, 6) is -0.418. The third-order valence-electron chi connectivity index (χ3n) is 3.66. The van der Waals surface area contributed by atoms with Gasteiger partial charge >= 0.3 is 0 Å². The molecule has 0 radical (unpaired) electrons. The predicted molar refractivity (Wildman–Crippen MR) is 97.6 cm³/mol. The van der Waals surface area contributed by atoms with Crippen molar-refractivity contribution in [1.29, 1.82) is 0 Å². The molecule has 0 bridgehead atoms. The van der Waals surface area contributed by atoms with Crippen LogP contribution >= 0.6 is 23.2 Å². The number of primary amides is 1. The van der Waals surface area contributed by atoms with Gasteiger partial charge in [0.2, 0.25) is 5.91 Å². The summed E-state index contributed by atoms with van der Waals surface area (Å²) in [7, 11) is 0. The highest BCUT2D eigenvalue weighted by molar-refractivity contribution is 6.34. The first-order valence-corrected chi connectivity index (χ1v) is 8.45. The van der Waals surface area contributed by atoms with Crippen LogP contribution in [0.15, 0.2) is 42.5 Å². The number of carbonyl (C=O) groups is 1. The van der Waals surface area contributed by atoms with Gasteiger partial charge < -0.3 is 16.2 Å². The number of amides is 1. The van der Waals surface area contributed by atoms with E-state index in [4.69, 9.17) is 28.9 Å². The van der Waals surface area contributed by atoms with Crippen molar-refractivity contribution in [2.75, 3.05) is 13.1 Å². The van der Waals surface area contributed by atoms with Crippen molar-refractivity contribution in [2.24, 2.45) is 5.73 Å². The fourth-order valence-electron chi connectivity index (χ4n) is 2.38. The Bertz CT molecular complexity index is 670. The molecule has 128 valence electrons. The topological polar surface area (TPSA) is 75.4 Å². The molecule has 24 heavy (non-hydrogen) atoms. The van der Waals surface area contributed by atoms with Crippen molar-refractivity contribution >= 4 is 29.1 Å². The largest absolute Gasteiger partial charge is 0.387 e. The van der Waals surface area contributed by atoms with Gasteiger partial charge in [-0.15, -0.1) is 0 Å². The number of rotatable bonds is 8. The molecule has 1 unspecified atom stereocenters. The van der Waals surface area contributed by atoms with Gasteiger partial charge in [0.05, 0.1) is 6.10 Å². The van der Waals surface area contributed by atoms with Crippen LogP contribution in [0.4, 0.5) is 0 Å². The maximum atomic E-state index is 11.0. The van der Waals surface area contributed by atoms with E-state index in [0.29, 0.717) is 27.7 Å². The zero-order valence-electron chi connectivity index (χ0n) is 13.1. The van der Waals surface area contributed by atoms with Crippen molar-refractivity contribution in [3.05, 3.63) is 69.2 Å². The summed E-state index contributed by atoms with van der Waals surface area (Å²) in [6.45, 7) is 1.19. The molecule has 0 heterocycles. The molecule has 0 spiro atoms. The molecule has 4 nitrogen and oxygen atoms in total. The summed E-state index contributed by atoms with van der Waals surface area (Å²) in [6, 6.07) is 12.3. The molecule has 6 heteroatoms. The number of nitrogens with two attached hydrogens (primary N) is 1. The lowest BCUT2D eigenvalue weighted by Crippen LogP contribution is -2.23. The maximum absolute atomic E-state index is 11.0. The third kappa shape index (κ3) is 5.80. The number of nitrogens with one attached hydrogen (secondary N) is 1. The van der Waals surface area contributed by atoms with Crippen molar-refractivity contribution < 1.29 is 9.90 Å². The van der Waals surface area contributed by atoms with E-state index in [1.54, 1.807) is 30.3 Å².